The average Bonchev–Trinajstić information content (AvgIpc) is 3.12. The highest BCUT2D eigenvalue weighted by atomic mass is 16.5. The van der Waals surface area contributed by atoms with Gasteiger partial charge in [0, 0.05) is 6.42 Å². The summed E-state index contributed by atoms with van der Waals surface area (Å²) in [5, 5.41) is 10.2. The molecule has 0 spiro atoms. The van der Waals surface area contributed by atoms with E-state index in [4.69, 9.17) is 14.2 Å². The molecule has 0 heterocycles. The van der Waals surface area contributed by atoms with E-state index in [0.717, 1.165) is 67.2 Å². The standard InChI is InChI=1S/C42H44O5/c43-37-28-27-33(29-41(37)47-32-36-22-13-7-14-23-36)17-8-3-1-2-4-15-24-38(44)42-39(45-30-34-18-9-5-10-19-34)25-16-26-40(42)46-31-35-20-11-6-12-21-35/h5-7,9-14,16,18-23,25-29,43H,1-4,8,15,17,24,30-32H2. The lowest BCUT2D eigenvalue weighted by Gasteiger charge is -2.16. The van der Waals surface area contributed by atoms with E-state index < -0.39 is 0 Å². The summed E-state index contributed by atoms with van der Waals surface area (Å²) >= 11 is 0. The molecule has 0 fully saturated rings. The predicted molar refractivity (Wildman–Crippen MR) is 187 cm³/mol. The third-order valence-electron chi connectivity index (χ3n) is 8.12. The van der Waals surface area contributed by atoms with Gasteiger partial charge in [-0.05, 0) is 65.8 Å². The quantitative estimate of drug-likeness (QED) is 0.0728. The SMILES string of the molecule is O=C(CCCCCCCCc1ccc(O)c(OCc2ccccc2)c1)c1c(OCc2ccccc2)cccc1OCc1ccccc1. The van der Waals surface area contributed by atoms with Gasteiger partial charge in [-0.25, -0.2) is 0 Å². The molecule has 0 saturated carbocycles. The van der Waals surface area contributed by atoms with Crippen molar-refractivity contribution in [1.29, 1.82) is 0 Å². The molecular weight excluding hydrogens is 584 g/mol. The molecule has 0 aliphatic rings. The Morgan fingerprint density at radius 3 is 1.47 bits per heavy atom. The van der Waals surface area contributed by atoms with Crippen LogP contribution in [0, 0.1) is 0 Å². The molecule has 242 valence electrons. The summed E-state index contributed by atoms with van der Waals surface area (Å²) in [4.78, 5) is 13.6. The Morgan fingerprint density at radius 2 is 0.936 bits per heavy atom. The molecule has 0 aliphatic heterocycles. The Balaban J connectivity index is 1.07. The maximum Gasteiger partial charge on any atom is 0.170 e. The number of phenolic OH excluding ortho intramolecular Hbond substituents is 1. The van der Waals surface area contributed by atoms with Crippen molar-refractivity contribution in [2.75, 3.05) is 0 Å². The Bertz CT molecular complexity index is 1590. The van der Waals surface area contributed by atoms with Gasteiger partial charge in [0.1, 0.15) is 36.9 Å². The first-order valence-electron chi connectivity index (χ1n) is 16.6. The number of hydrogen-bond donors (Lipinski definition) is 1. The van der Waals surface area contributed by atoms with Crippen molar-refractivity contribution in [2.24, 2.45) is 0 Å². The third-order valence-corrected chi connectivity index (χ3v) is 8.12. The Morgan fingerprint density at radius 1 is 0.468 bits per heavy atom. The number of aromatic hydroxyl groups is 1. The van der Waals surface area contributed by atoms with E-state index in [1.807, 2.05) is 121 Å². The highest BCUT2D eigenvalue weighted by molar-refractivity contribution is 6.01. The number of carbonyl (C=O) groups excluding carboxylic acids is 1. The maximum atomic E-state index is 13.6. The molecule has 1 N–H and O–H groups in total. The summed E-state index contributed by atoms with van der Waals surface area (Å²) in [6.45, 7) is 1.19. The van der Waals surface area contributed by atoms with Crippen LogP contribution in [0.4, 0.5) is 0 Å². The fraction of sp³-hybridized carbons (Fsp3) is 0.262. The van der Waals surface area contributed by atoms with Crippen LogP contribution in [0.1, 0.15) is 77.6 Å². The van der Waals surface area contributed by atoms with Gasteiger partial charge in [0.05, 0.1) is 0 Å². The zero-order valence-electron chi connectivity index (χ0n) is 27.0. The molecule has 0 aliphatic carbocycles. The molecule has 0 bridgehead atoms. The van der Waals surface area contributed by atoms with Crippen LogP contribution >= 0.6 is 0 Å². The first-order valence-corrected chi connectivity index (χ1v) is 16.6. The molecular formula is C42H44O5. The Hall–Kier alpha value is -5.03. The summed E-state index contributed by atoms with van der Waals surface area (Å²) in [6.07, 6.45) is 7.58. The smallest absolute Gasteiger partial charge is 0.170 e. The van der Waals surface area contributed by atoms with Crippen molar-refractivity contribution in [3.8, 4) is 23.0 Å². The number of phenols is 1. The number of Topliss-reactive ketones (excluding diaryl/α,β-unsaturated/α-hetero) is 1. The molecule has 0 atom stereocenters. The van der Waals surface area contributed by atoms with Gasteiger partial charge in [0.15, 0.2) is 17.3 Å². The molecule has 0 radical (unpaired) electrons. The van der Waals surface area contributed by atoms with E-state index in [1.54, 1.807) is 6.07 Å². The van der Waals surface area contributed by atoms with E-state index in [0.29, 0.717) is 49.1 Å². The van der Waals surface area contributed by atoms with Crippen molar-refractivity contribution in [1.82, 2.24) is 0 Å². The fourth-order valence-corrected chi connectivity index (χ4v) is 5.51. The van der Waals surface area contributed by atoms with Crippen LogP contribution in [0.3, 0.4) is 0 Å². The number of ether oxygens (including phenoxy) is 3. The van der Waals surface area contributed by atoms with Crippen molar-refractivity contribution >= 4 is 5.78 Å². The second-order valence-electron chi connectivity index (χ2n) is 11.8. The topological polar surface area (TPSA) is 65.0 Å². The molecule has 5 nitrogen and oxygen atoms in total. The molecule has 5 heteroatoms. The van der Waals surface area contributed by atoms with Crippen LogP contribution in [0.2, 0.25) is 0 Å². The largest absolute Gasteiger partial charge is 0.504 e. The molecule has 5 aromatic rings. The van der Waals surface area contributed by atoms with Gasteiger partial charge in [0.2, 0.25) is 0 Å². The van der Waals surface area contributed by atoms with Crippen LogP contribution in [0.25, 0.3) is 0 Å². The Kier molecular flexibility index (Phi) is 12.9. The number of benzene rings is 5. The van der Waals surface area contributed by atoms with Gasteiger partial charge < -0.3 is 19.3 Å². The monoisotopic (exact) mass is 628 g/mol. The van der Waals surface area contributed by atoms with Gasteiger partial charge in [-0.3, -0.25) is 4.79 Å². The van der Waals surface area contributed by atoms with Crippen molar-refractivity contribution < 1.29 is 24.1 Å². The average molecular weight is 629 g/mol. The van der Waals surface area contributed by atoms with Crippen LogP contribution < -0.4 is 14.2 Å². The molecule has 5 aromatic carbocycles. The highest BCUT2D eigenvalue weighted by Crippen LogP contribution is 2.32. The minimum Gasteiger partial charge on any atom is -0.504 e. The van der Waals surface area contributed by atoms with Gasteiger partial charge in [-0.2, -0.15) is 0 Å². The minimum atomic E-state index is 0.0503. The number of ketones is 1. The zero-order valence-corrected chi connectivity index (χ0v) is 27.0. The van der Waals surface area contributed by atoms with Crippen LogP contribution in [0.5, 0.6) is 23.0 Å². The van der Waals surface area contributed by atoms with Crippen molar-refractivity contribution in [3.05, 3.63) is 155 Å². The minimum absolute atomic E-state index is 0.0503. The first-order chi connectivity index (χ1) is 23.2. The van der Waals surface area contributed by atoms with E-state index in [1.165, 1.54) is 0 Å². The highest BCUT2D eigenvalue weighted by Gasteiger charge is 2.19. The lowest BCUT2D eigenvalue weighted by Crippen LogP contribution is -2.08. The number of aryl methyl sites for hydroxylation is 1. The summed E-state index contributed by atoms with van der Waals surface area (Å²) in [6, 6.07) is 41.1. The number of carbonyl (C=O) groups is 1. The molecule has 0 aromatic heterocycles. The summed E-state index contributed by atoms with van der Waals surface area (Å²) in [5.74, 6) is 1.87. The fourth-order valence-electron chi connectivity index (χ4n) is 5.51. The molecule has 5 rings (SSSR count). The summed E-state index contributed by atoms with van der Waals surface area (Å²) in [7, 11) is 0. The Labute approximate surface area is 278 Å². The second-order valence-corrected chi connectivity index (χ2v) is 11.8. The van der Waals surface area contributed by atoms with E-state index in [9.17, 15) is 9.90 Å². The summed E-state index contributed by atoms with van der Waals surface area (Å²) in [5.41, 5.74) is 4.85. The number of hydrogen-bond acceptors (Lipinski definition) is 5. The summed E-state index contributed by atoms with van der Waals surface area (Å²) < 4.78 is 18.2. The molecule has 47 heavy (non-hydrogen) atoms. The first kappa shape index (κ1) is 33.3. The van der Waals surface area contributed by atoms with E-state index in [2.05, 4.69) is 0 Å². The van der Waals surface area contributed by atoms with E-state index in [-0.39, 0.29) is 11.5 Å². The van der Waals surface area contributed by atoms with Crippen molar-refractivity contribution in [2.45, 2.75) is 71.2 Å². The van der Waals surface area contributed by atoms with Crippen LogP contribution in [-0.4, -0.2) is 10.9 Å². The number of unbranched alkanes of at least 4 members (excludes halogenated alkanes) is 5. The second kappa shape index (κ2) is 18.2. The van der Waals surface area contributed by atoms with E-state index >= 15 is 0 Å². The lowest BCUT2D eigenvalue weighted by molar-refractivity contribution is 0.0969. The lowest BCUT2D eigenvalue weighted by atomic mass is 10.0. The third kappa shape index (κ3) is 10.8. The van der Waals surface area contributed by atoms with Crippen molar-refractivity contribution in [3.63, 3.8) is 0 Å². The maximum absolute atomic E-state index is 13.6. The van der Waals surface area contributed by atoms with Crippen LogP contribution in [0.15, 0.2) is 127 Å². The zero-order chi connectivity index (χ0) is 32.5. The van der Waals surface area contributed by atoms with Gasteiger partial charge in [0.25, 0.3) is 0 Å². The van der Waals surface area contributed by atoms with Gasteiger partial charge in [-0.15, -0.1) is 0 Å². The van der Waals surface area contributed by atoms with Gasteiger partial charge >= 0.3 is 0 Å². The van der Waals surface area contributed by atoms with Gasteiger partial charge in [-0.1, -0.05) is 129 Å². The predicted octanol–water partition coefficient (Wildman–Crippen LogP) is 10.3. The number of rotatable bonds is 19. The molecule has 0 unspecified atom stereocenters. The molecule has 0 saturated heterocycles. The molecule has 0 amide bonds. The van der Waals surface area contributed by atoms with Crippen LogP contribution in [-0.2, 0) is 26.2 Å². The normalized spacial score (nSPS) is 10.8.